The summed E-state index contributed by atoms with van der Waals surface area (Å²) >= 11 is 0. The molecule has 0 atom stereocenters. The molecule has 2 heterocycles. The van der Waals surface area contributed by atoms with E-state index in [1.807, 2.05) is 18.2 Å². The molecule has 0 spiro atoms. The van der Waals surface area contributed by atoms with E-state index in [4.69, 9.17) is 0 Å². The van der Waals surface area contributed by atoms with Gasteiger partial charge < -0.3 is 4.90 Å². The fraction of sp³-hybridized carbons (Fsp3) is 0.150. The standard InChI is InChI=1S/C20H16FN3O/c21-17-9-7-14(8-10-17)18-12-16(13-22-23-18)20(25)24-11-3-5-15-4-1-2-6-19(15)24/h1-2,4,6-10,12-13H,3,5,11H2. The Kier molecular flexibility index (Phi) is 3.98. The smallest absolute Gasteiger partial charge is 0.259 e. The van der Waals surface area contributed by atoms with Crippen LogP contribution in [-0.2, 0) is 6.42 Å². The normalized spacial score (nSPS) is 13.4. The SMILES string of the molecule is O=C(c1cnnc(-c2ccc(F)cc2)c1)N1CCCc2ccccc21. The Morgan fingerprint density at radius 1 is 1.08 bits per heavy atom. The first kappa shape index (κ1) is 15.4. The van der Waals surface area contributed by atoms with Crippen LogP contribution < -0.4 is 4.90 Å². The van der Waals surface area contributed by atoms with Gasteiger partial charge in [0, 0.05) is 17.8 Å². The molecule has 3 aromatic rings. The van der Waals surface area contributed by atoms with Gasteiger partial charge in [-0.25, -0.2) is 4.39 Å². The quantitative estimate of drug-likeness (QED) is 0.715. The molecule has 5 heteroatoms. The molecule has 0 saturated carbocycles. The number of hydrogen-bond donors (Lipinski definition) is 0. The number of para-hydroxylation sites is 1. The molecule has 0 unspecified atom stereocenters. The second kappa shape index (κ2) is 6.43. The van der Waals surface area contributed by atoms with Gasteiger partial charge in [0.1, 0.15) is 5.82 Å². The number of carbonyl (C=O) groups is 1. The van der Waals surface area contributed by atoms with Crippen molar-refractivity contribution >= 4 is 11.6 Å². The zero-order valence-electron chi connectivity index (χ0n) is 13.5. The van der Waals surface area contributed by atoms with Crippen LogP contribution in [0.5, 0.6) is 0 Å². The van der Waals surface area contributed by atoms with Gasteiger partial charge in [0.2, 0.25) is 0 Å². The topological polar surface area (TPSA) is 46.1 Å². The average Bonchev–Trinajstić information content (AvgIpc) is 2.68. The number of aromatic nitrogens is 2. The Morgan fingerprint density at radius 3 is 2.72 bits per heavy atom. The third kappa shape index (κ3) is 3.01. The largest absolute Gasteiger partial charge is 0.308 e. The van der Waals surface area contributed by atoms with Crippen molar-refractivity contribution in [1.82, 2.24) is 10.2 Å². The molecule has 0 saturated heterocycles. The number of carbonyl (C=O) groups excluding carboxylic acids is 1. The van der Waals surface area contributed by atoms with Crippen LogP contribution in [0.3, 0.4) is 0 Å². The van der Waals surface area contributed by atoms with E-state index in [0.717, 1.165) is 24.1 Å². The lowest BCUT2D eigenvalue weighted by Gasteiger charge is -2.29. The van der Waals surface area contributed by atoms with Gasteiger partial charge in [0.05, 0.1) is 17.5 Å². The molecule has 0 bridgehead atoms. The van der Waals surface area contributed by atoms with E-state index in [-0.39, 0.29) is 11.7 Å². The predicted molar refractivity (Wildman–Crippen MR) is 93.9 cm³/mol. The highest BCUT2D eigenvalue weighted by Gasteiger charge is 2.23. The number of hydrogen-bond acceptors (Lipinski definition) is 3. The van der Waals surface area contributed by atoms with Crippen molar-refractivity contribution in [2.75, 3.05) is 11.4 Å². The molecule has 4 rings (SSSR count). The summed E-state index contributed by atoms with van der Waals surface area (Å²) in [6, 6.07) is 15.7. The van der Waals surface area contributed by atoms with Crippen molar-refractivity contribution in [2.24, 2.45) is 0 Å². The Bertz CT molecular complexity index is 924. The maximum absolute atomic E-state index is 13.1. The van der Waals surface area contributed by atoms with E-state index < -0.39 is 0 Å². The van der Waals surface area contributed by atoms with Crippen LogP contribution in [-0.4, -0.2) is 22.6 Å². The Morgan fingerprint density at radius 2 is 1.88 bits per heavy atom. The minimum absolute atomic E-state index is 0.0922. The average molecular weight is 333 g/mol. The summed E-state index contributed by atoms with van der Waals surface area (Å²) in [7, 11) is 0. The number of halogens is 1. The van der Waals surface area contributed by atoms with Gasteiger partial charge in [-0.2, -0.15) is 10.2 Å². The van der Waals surface area contributed by atoms with Crippen molar-refractivity contribution in [1.29, 1.82) is 0 Å². The highest BCUT2D eigenvalue weighted by molar-refractivity contribution is 6.07. The summed E-state index contributed by atoms with van der Waals surface area (Å²) in [5.41, 5.74) is 3.89. The van der Waals surface area contributed by atoms with Crippen LogP contribution in [0.15, 0.2) is 60.8 Å². The molecule has 0 aliphatic carbocycles. The zero-order chi connectivity index (χ0) is 17.2. The number of aryl methyl sites for hydroxylation is 1. The summed E-state index contributed by atoms with van der Waals surface area (Å²) in [5, 5.41) is 8.03. The van der Waals surface area contributed by atoms with Gasteiger partial charge in [0.25, 0.3) is 5.91 Å². The number of rotatable bonds is 2. The lowest BCUT2D eigenvalue weighted by Crippen LogP contribution is -2.35. The second-order valence-corrected chi connectivity index (χ2v) is 6.03. The van der Waals surface area contributed by atoms with Crippen molar-refractivity contribution < 1.29 is 9.18 Å². The Hall–Kier alpha value is -3.08. The maximum Gasteiger partial charge on any atom is 0.259 e. The molecular weight excluding hydrogens is 317 g/mol. The lowest BCUT2D eigenvalue weighted by molar-refractivity contribution is 0.0984. The van der Waals surface area contributed by atoms with Gasteiger partial charge in [-0.15, -0.1) is 0 Å². The van der Waals surface area contributed by atoms with Crippen LogP contribution in [0, 0.1) is 5.82 Å². The number of anilines is 1. The molecule has 1 aliphatic heterocycles. The summed E-state index contributed by atoms with van der Waals surface area (Å²) in [6.45, 7) is 0.685. The van der Waals surface area contributed by atoms with Crippen LogP contribution in [0.4, 0.5) is 10.1 Å². The minimum atomic E-state index is -0.311. The van der Waals surface area contributed by atoms with Gasteiger partial charge in [-0.05, 0) is 54.8 Å². The molecule has 2 aromatic carbocycles. The van der Waals surface area contributed by atoms with Crippen LogP contribution in [0.2, 0.25) is 0 Å². The second-order valence-electron chi connectivity index (χ2n) is 6.03. The van der Waals surface area contributed by atoms with Gasteiger partial charge >= 0.3 is 0 Å². The molecule has 0 fully saturated rings. The molecule has 1 aromatic heterocycles. The molecule has 1 aliphatic rings. The molecule has 124 valence electrons. The fourth-order valence-electron chi connectivity index (χ4n) is 3.15. The van der Waals surface area contributed by atoms with E-state index >= 15 is 0 Å². The van der Waals surface area contributed by atoms with Gasteiger partial charge in [0.15, 0.2) is 0 Å². The van der Waals surface area contributed by atoms with Crippen molar-refractivity contribution in [3.8, 4) is 11.3 Å². The van der Waals surface area contributed by atoms with E-state index in [2.05, 4.69) is 16.3 Å². The van der Waals surface area contributed by atoms with E-state index in [1.54, 1.807) is 23.1 Å². The first-order chi connectivity index (χ1) is 12.2. The van der Waals surface area contributed by atoms with E-state index in [9.17, 15) is 9.18 Å². The van der Waals surface area contributed by atoms with Crippen LogP contribution >= 0.6 is 0 Å². The first-order valence-corrected chi connectivity index (χ1v) is 8.21. The van der Waals surface area contributed by atoms with Gasteiger partial charge in [-0.1, -0.05) is 18.2 Å². The fourth-order valence-corrected chi connectivity index (χ4v) is 3.15. The third-order valence-corrected chi connectivity index (χ3v) is 4.40. The van der Waals surface area contributed by atoms with E-state index in [0.29, 0.717) is 17.8 Å². The van der Waals surface area contributed by atoms with Gasteiger partial charge in [-0.3, -0.25) is 4.79 Å². The highest BCUT2D eigenvalue weighted by Crippen LogP contribution is 2.28. The summed E-state index contributed by atoms with van der Waals surface area (Å²) in [6.07, 6.45) is 3.40. The zero-order valence-corrected chi connectivity index (χ0v) is 13.5. The number of fused-ring (bicyclic) bond motifs is 1. The Balaban J connectivity index is 1.68. The Labute approximate surface area is 144 Å². The predicted octanol–water partition coefficient (Wildman–Crippen LogP) is 3.88. The number of nitrogens with zero attached hydrogens (tertiary/aromatic N) is 3. The maximum atomic E-state index is 13.1. The molecule has 4 nitrogen and oxygen atoms in total. The monoisotopic (exact) mass is 333 g/mol. The first-order valence-electron chi connectivity index (χ1n) is 8.21. The van der Waals surface area contributed by atoms with Crippen LogP contribution in [0.1, 0.15) is 22.3 Å². The number of benzene rings is 2. The van der Waals surface area contributed by atoms with Crippen LogP contribution in [0.25, 0.3) is 11.3 Å². The van der Waals surface area contributed by atoms with E-state index in [1.165, 1.54) is 23.9 Å². The van der Waals surface area contributed by atoms with Crippen molar-refractivity contribution in [2.45, 2.75) is 12.8 Å². The molecule has 0 radical (unpaired) electrons. The lowest BCUT2D eigenvalue weighted by atomic mass is 10.0. The molecule has 25 heavy (non-hydrogen) atoms. The summed E-state index contributed by atoms with van der Waals surface area (Å²) in [4.78, 5) is 14.8. The number of amides is 1. The summed E-state index contributed by atoms with van der Waals surface area (Å²) in [5.74, 6) is -0.403. The van der Waals surface area contributed by atoms with Crippen molar-refractivity contribution in [3.63, 3.8) is 0 Å². The molecular formula is C20H16FN3O. The molecule has 0 N–H and O–H groups in total. The third-order valence-electron chi connectivity index (χ3n) is 4.40. The van der Waals surface area contributed by atoms with Crippen molar-refractivity contribution in [3.05, 3.63) is 77.7 Å². The molecule has 1 amide bonds. The highest BCUT2D eigenvalue weighted by atomic mass is 19.1. The minimum Gasteiger partial charge on any atom is -0.308 e. The summed E-state index contributed by atoms with van der Waals surface area (Å²) < 4.78 is 13.1.